The van der Waals surface area contributed by atoms with Crippen molar-refractivity contribution in [1.29, 1.82) is 0 Å². The minimum Gasteiger partial charge on any atom is -0.356 e. The van der Waals surface area contributed by atoms with E-state index in [2.05, 4.69) is 20.3 Å². The van der Waals surface area contributed by atoms with Crippen LogP contribution in [0.15, 0.2) is 28.4 Å². The van der Waals surface area contributed by atoms with Crippen LogP contribution in [0.2, 0.25) is 5.02 Å². The van der Waals surface area contributed by atoms with E-state index in [1.54, 1.807) is 6.20 Å². The fourth-order valence-corrected chi connectivity index (χ4v) is 4.46. The third-order valence-corrected chi connectivity index (χ3v) is 6.48. The zero-order valence-corrected chi connectivity index (χ0v) is 17.8. The highest BCUT2D eigenvalue weighted by Gasteiger charge is 2.27. The molecule has 0 aliphatic carbocycles. The predicted octanol–water partition coefficient (Wildman–Crippen LogP) is 4.05. The van der Waals surface area contributed by atoms with Crippen molar-refractivity contribution >= 4 is 63.0 Å². The highest BCUT2D eigenvalue weighted by atomic mass is 127. The summed E-state index contributed by atoms with van der Waals surface area (Å²) in [5.74, 6) is 0.766. The van der Waals surface area contributed by atoms with Gasteiger partial charge in [-0.15, -0.1) is 0 Å². The monoisotopic (exact) mass is 485 g/mol. The lowest BCUT2D eigenvalue weighted by molar-refractivity contribution is -0.129. The normalized spacial score (nSPS) is 14.6. The van der Waals surface area contributed by atoms with E-state index in [1.807, 2.05) is 37.2 Å². The Bertz CT molecular complexity index is 929. The molecular formula is C18H21ClIN5O. The number of nitrogens with zero attached hydrogens (tertiary/aromatic N) is 3. The smallest absolute Gasteiger partial charge is 0.225 e. The molecular weight excluding hydrogens is 465 g/mol. The van der Waals surface area contributed by atoms with E-state index in [0.29, 0.717) is 17.4 Å². The predicted molar refractivity (Wildman–Crippen MR) is 117 cm³/mol. The van der Waals surface area contributed by atoms with Crippen LogP contribution in [-0.2, 0) is 4.79 Å². The highest BCUT2D eigenvalue weighted by Crippen LogP contribution is 2.27. The maximum absolute atomic E-state index is 12.2. The molecule has 26 heavy (non-hydrogen) atoms. The van der Waals surface area contributed by atoms with E-state index in [0.717, 1.165) is 33.2 Å². The van der Waals surface area contributed by atoms with Crippen LogP contribution >= 0.6 is 32.3 Å². The van der Waals surface area contributed by atoms with Gasteiger partial charge in [-0.3, -0.25) is 4.79 Å². The average Bonchev–Trinajstić information content (AvgIpc) is 3.03. The van der Waals surface area contributed by atoms with Gasteiger partial charge in [-0.2, -0.15) is 0 Å². The van der Waals surface area contributed by atoms with Crippen molar-refractivity contribution in [1.82, 2.24) is 15.3 Å². The molecule has 3 rings (SSSR count). The van der Waals surface area contributed by atoms with Crippen molar-refractivity contribution in [2.45, 2.75) is 33.6 Å². The molecule has 0 saturated heterocycles. The number of aromatic nitrogens is 2. The second kappa shape index (κ2) is 7.96. The maximum atomic E-state index is 12.2. The molecule has 0 radical (unpaired) electrons. The van der Waals surface area contributed by atoms with Gasteiger partial charge in [0.15, 0.2) is 5.84 Å². The van der Waals surface area contributed by atoms with Gasteiger partial charge in [-0.1, -0.05) is 25.4 Å². The van der Waals surface area contributed by atoms with Gasteiger partial charge in [-0.25, -0.2) is 15.0 Å². The lowest BCUT2D eigenvalue weighted by atomic mass is 9.87. The van der Waals surface area contributed by atoms with Crippen LogP contribution in [0.25, 0.3) is 11.0 Å². The van der Waals surface area contributed by atoms with E-state index < -0.39 is 5.41 Å². The van der Waals surface area contributed by atoms with Crippen molar-refractivity contribution in [3.05, 3.63) is 29.0 Å². The third kappa shape index (κ3) is 4.20. The second-order valence-corrected chi connectivity index (χ2v) is 9.50. The molecule has 0 unspecified atom stereocenters. The van der Waals surface area contributed by atoms with Crippen molar-refractivity contribution in [2.24, 2.45) is 15.4 Å². The molecule has 1 aliphatic heterocycles. The minimum absolute atomic E-state index is 0.0878. The lowest BCUT2D eigenvalue weighted by Crippen LogP contribution is -2.36. The second-order valence-electron chi connectivity index (χ2n) is 6.64. The molecule has 0 atom stereocenters. The number of carbonyl (C=O) groups is 1. The highest BCUT2D eigenvalue weighted by molar-refractivity contribution is 14.2. The number of nitrogens with one attached hydrogen (secondary N) is 2. The van der Waals surface area contributed by atoms with Crippen LogP contribution in [0.4, 0.5) is 0 Å². The number of pyridine rings is 1. The average molecular weight is 486 g/mol. The molecule has 3 heterocycles. The molecule has 2 aromatic heterocycles. The third-order valence-electron chi connectivity index (χ3n) is 4.22. The van der Waals surface area contributed by atoms with Crippen LogP contribution in [0, 0.1) is 5.41 Å². The van der Waals surface area contributed by atoms with E-state index in [-0.39, 0.29) is 26.6 Å². The van der Waals surface area contributed by atoms with Crippen LogP contribution in [0.3, 0.4) is 0 Å². The number of amidine groups is 1. The van der Waals surface area contributed by atoms with Crippen molar-refractivity contribution < 1.29 is 4.79 Å². The summed E-state index contributed by atoms with van der Waals surface area (Å²) < 4.78 is 3.11. The van der Waals surface area contributed by atoms with Gasteiger partial charge in [0.2, 0.25) is 5.91 Å². The maximum Gasteiger partial charge on any atom is 0.225 e. The number of amides is 1. The fraction of sp³-hybridized carbons (Fsp3) is 0.389. The van der Waals surface area contributed by atoms with Gasteiger partial charge >= 0.3 is 0 Å². The molecule has 1 aliphatic rings. The molecule has 138 valence electrons. The zero-order chi connectivity index (χ0) is 18.7. The number of aromatic amines is 1. The SMILES string of the molecule is CCNC(=O)C(C)(C)CCC1=NC(c2c[nH]c3ncc(Cl)cc23)=NC=I1. The fourth-order valence-electron chi connectivity index (χ4n) is 2.63. The summed E-state index contributed by atoms with van der Waals surface area (Å²) in [4.78, 5) is 28.9. The molecule has 6 nitrogen and oxygen atoms in total. The Morgan fingerprint density at radius 2 is 2.23 bits per heavy atom. The van der Waals surface area contributed by atoms with E-state index in [1.165, 1.54) is 0 Å². The standard InChI is InChI=1S/C18H21ClIN5O/c1-4-21-17(26)18(2,3)6-5-14-20-10-24-16(25-14)13-9-23-15-12(13)7-11(19)8-22-15/h7-10H,4-6H2,1-3H3,(H,21,26)(H,22,23). The topological polar surface area (TPSA) is 82.5 Å². The summed E-state index contributed by atoms with van der Waals surface area (Å²) in [5.41, 5.74) is 1.26. The first-order valence-corrected chi connectivity index (χ1v) is 11.1. The van der Waals surface area contributed by atoms with Gasteiger partial charge in [-0.05, 0) is 46.6 Å². The number of rotatable bonds is 6. The Kier molecular flexibility index (Phi) is 5.86. The zero-order valence-electron chi connectivity index (χ0n) is 14.9. The van der Waals surface area contributed by atoms with E-state index in [4.69, 9.17) is 16.6 Å². The molecule has 0 bridgehead atoms. The molecule has 0 spiro atoms. The van der Waals surface area contributed by atoms with E-state index in [9.17, 15) is 4.79 Å². The first-order valence-electron chi connectivity index (χ1n) is 8.42. The van der Waals surface area contributed by atoms with Crippen molar-refractivity contribution in [3.63, 3.8) is 0 Å². The Balaban J connectivity index is 1.78. The molecule has 2 aromatic rings. The Morgan fingerprint density at radius 3 is 3.00 bits per heavy atom. The summed E-state index contributed by atoms with van der Waals surface area (Å²) in [6.45, 7) is 6.54. The Hall–Kier alpha value is -1.61. The summed E-state index contributed by atoms with van der Waals surface area (Å²) in [7, 11) is 0. The number of fused-ring (bicyclic) bond motifs is 1. The van der Waals surface area contributed by atoms with Crippen LogP contribution in [-0.4, -0.2) is 36.1 Å². The molecule has 0 aromatic carbocycles. The van der Waals surface area contributed by atoms with Crippen molar-refractivity contribution in [3.8, 4) is 0 Å². The molecule has 8 heteroatoms. The van der Waals surface area contributed by atoms with Crippen molar-refractivity contribution in [2.75, 3.05) is 6.54 Å². The Labute approximate surface area is 167 Å². The first kappa shape index (κ1) is 19.2. The number of aliphatic imine (C=N–C) groups is 2. The number of hydrogen-bond donors (Lipinski definition) is 2. The number of carbonyl (C=O) groups excluding carboxylic acids is 1. The van der Waals surface area contributed by atoms with Gasteiger partial charge in [0.1, 0.15) is 5.65 Å². The van der Waals surface area contributed by atoms with Gasteiger partial charge in [0, 0.05) is 35.3 Å². The number of halogens is 2. The quantitative estimate of drug-likeness (QED) is 0.605. The first-order chi connectivity index (χ1) is 12.4. The molecule has 1 amide bonds. The molecule has 0 fully saturated rings. The minimum atomic E-state index is -0.407. The largest absolute Gasteiger partial charge is 0.356 e. The molecule has 0 saturated carbocycles. The number of hydrogen-bond acceptors (Lipinski definition) is 4. The van der Waals surface area contributed by atoms with Gasteiger partial charge < -0.3 is 10.3 Å². The number of H-pyrrole nitrogens is 1. The van der Waals surface area contributed by atoms with Gasteiger partial charge in [0.05, 0.1) is 12.9 Å². The lowest BCUT2D eigenvalue weighted by Gasteiger charge is -2.23. The Morgan fingerprint density at radius 1 is 1.42 bits per heavy atom. The van der Waals surface area contributed by atoms with Gasteiger partial charge in [0.25, 0.3) is 0 Å². The van der Waals surface area contributed by atoms with Crippen LogP contribution in [0.1, 0.15) is 39.2 Å². The van der Waals surface area contributed by atoms with E-state index >= 15 is 0 Å². The van der Waals surface area contributed by atoms with Crippen LogP contribution in [0.5, 0.6) is 0 Å². The summed E-state index contributed by atoms with van der Waals surface area (Å²) >= 11 is 5.74. The van der Waals surface area contributed by atoms with Crippen LogP contribution < -0.4 is 5.32 Å². The summed E-state index contributed by atoms with van der Waals surface area (Å²) in [6, 6.07) is 1.87. The summed E-state index contributed by atoms with van der Waals surface area (Å²) in [6.07, 6.45) is 5.04. The summed E-state index contributed by atoms with van der Waals surface area (Å²) in [5, 5.41) is 4.40. The molecule has 2 N–H and O–H groups in total.